The summed E-state index contributed by atoms with van der Waals surface area (Å²) in [4.78, 5) is 4.81. The Kier molecular flexibility index (Phi) is 4.22. The summed E-state index contributed by atoms with van der Waals surface area (Å²) in [7, 11) is 0. The zero-order chi connectivity index (χ0) is 14.9. The molecule has 0 spiro atoms. The molecule has 0 amide bonds. The Morgan fingerprint density at radius 3 is 2.57 bits per heavy atom. The highest BCUT2D eigenvalue weighted by Gasteiger charge is 2.31. The van der Waals surface area contributed by atoms with Crippen molar-refractivity contribution in [1.29, 1.82) is 0 Å². The molecule has 1 unspecified atom stereocenters. The molecule has 2 aliphatic heterocycles. The minimum Gasteiger partial charge on any atom is -0.299 e. The Morgan fingerprint density at radius 1 is 1.10 bits per heavy atom. The van der Waals surface area contributed by atoms with Gasteiger partial charge in [-0.3, -0.25) is 9.80 Å². The van der Waals surface area contributed by atoms with Gasteiger partial charge in [-0.25, -0.2) is 0 Å². The van der Waals surface area contributed by atoms with Crippen LogP contribution in [-0.2, 0) is 12.7 Å². The second-order valence-electron chi connectivity index (χ2n) is 6.12. The molecule has 2 fully saturated rings. The van der Waals surface area contributed by atoms with Crippen molar-refractivity contribution in [3.63, 3.8) is 0 Å². The largest absolute Gasteiger partial charge is 0.416 e. The lowest BCUT2D eigenvalue weighted by molar-refractivity contribution is -0.137. The third-order valence-electron chi connectivity index (χ3n) is 4.57. The Morgan fingerprint density at radius 2 is 1.86 bits per heavy atom. The first kappa shape index (κ1) is 14.9. The molecular weight excluding hydrogens is 277 g/mol. The lowest BCUT2D eigenvalue weighted by Gasteiger charge is -2.23. The standard InChI is InChI=1S/C16H21F3N2/c17-16(18,19)14-5-3-4-13(10-14)11-20-9-6-15(12-20)21-7-1-2-8-21/h3-5,10,15H,1-2,6-9,11-12H2. The summed E-state index contributed by atoms with van der Waals surface area (Å²) in [6.07, 6.45) is -0.549. The predicted molar refractivity (Wildman–Crippen MR) is 75.9 cm³/mol. The van der Waals surface area contributed by atoms with Gasteiger partial charge in [0.05, 0.1) is 5.56 Å². The number of benzene rings is 1. The second kappa shape index (κ2) is 5.97. The van der Waals surface area contributed by atoms with Gasteiger partial charge in [0.2, 0.25) is 0 Å². The van der Waals surface area contributed by atoms with Crippen LogP contribution in [0, 0.1) is 0 Å². The fourth-order valence-electron chi connectivity index (χ4n) is 3.46. The van der Waals surface area contributed by atoms with Crippen LogP contribution in [0.25, 0.3) is 0 Å². The lowest BCUT2D eigenvalue weighted by atomic mass is 10.1. The summed E-state index contributed by atoms with van der Waals surface area (Å²) < 4.78 is 38.2. The highest BCUT2D eigenvalue weighted by atomic mass is 19.4. The number of likely N-dealkylation sites (tertiary alicyclic amines) is 2. The van der Waals surface area contributed by atoms with Crippen LogP contribution in [0.4, 0.5) is 13.2 Å². The smallest absolute Gasteiger partial charge is 0.299 e. The summed E-state index contributed by atoms with van der Waals surface area (Å²) in [5.41, 5.74) is 0.210. The fraction of sp³-hybridized carbons (Fsp3) is 0.625. The zero-order valence-electron chi connectivity index (χ0n) is 12.1. The van der Waals surface area contributed by atoms with Crippen LogP contribution in [0.5, 0.6) is 0 Å². The molecule has 0 radical (unpaired) electrons. The topological polar surface area (TPSA) is 6.48 Å². The zero-order valence-corrected chi connectivity index (χ0v) is 12.1. The normalized spacial score (nSPS) is 24.8. The number of hydrogen-bond acceptors (Lipinski definition) is 2. The molecule has 21 heavy (non-hydrogen) atoms. The van der Waals surface area contributed by atoms with Crippen molar-refractivity contribution >= 4 is 0 Å². The van der Waals surface area contributed by atoms with Crippen LogP contribution >= 0.6 is 0 Å². The highest BCUT2D eigenvalue weighted by molar-refractivity contribution is 5.25. The summed E-state index contributed by atoms with van der Waals surface area (Å²) >= 11 is 0. The average molecular weight is 298 g/mol. The van der Waals surface area contributed by atoms with Crippen LogP contribution < -0.4 is 0 Å². The van der Waals surface area contributed by atoms with Gasteiger partial charge in [0.15, 0.2) is 0 Å². The number of alkyl halides is 3. The number of nitrogens with zero attached hydrogens (tertiary/aromatic N) is 2. The van der Waals surface area contributed by atoms with E-state index in [2.05, 4.69) is 9.80 Å². The molecule has 0 bridgehead atoms. The minimum atomic E-state index is -4.25. The maximum Gasteiger partial charge on any atom is 0.416 e. The van der Waals surface area contributed by atoms with E-state index in [9.17, 15) is 13.2 Å². The van der Waals surface area contributed by atoms with E-state index in [0.29, 0.717) is 12.6 Å². The van der Waals surface area contributed by atoms with E-state index >= 15 is 0 Å². The van der Waals surface area contributed by atoms with Crippen LogP contribution in [0.1, 0.15) is 30.4 Å². The summed E-state index contributed by atoms with van der Waals surface area (Å²) in [5, 5.41) is 0. The van der Waals surface area contributed by atoms with Gasteiger partial charge in [-0.15, -0.1) is 0 Å². The third-order valence-corrected chi connectivity index (χ3v) is 4.57. The Bertz CT molecular complexity index is 481. The van der Waals surface area contributed by atoms with Gasteiger partial charge < -0.3 is 0 Å². The lowest BCUT2D eigenvalue weighted by Crippen LogP contribution is -2.35. The minimum absolute atomic E-state index is 0.546. The van der Waals surface area contributed by atoms with Gasteiger partial charge in [0.1, 0.15) is 0 Å². The van der Waals surface area contributed by atoms with E-state index in [-0.39, 0.29) is 0 Å². The molecule has 3 rings (SSSR count). The second-order valence-corrected chi connectivity index (χ2v) is 6.12. The summed E-state index contributed by atoms with van der Waals surface area (Å²) in [5.74, 6) is 0. The molecule has 1 aromatic carbocycles. The summed E-state index contributed by atoms with van der Waals surface area (Å²) in [6, 6.07) is 6.31. The maximum absolute atomic E-state index is 12.7. The molecule has 1 aromatic rings. The van der Waals surface area contributed by atoms with Gasteiger partial charge in [-0.05, 0) is 44.0 Å². The number of halogens is 3. The molecule has 0 aliphatic carbocycles. The van der Waals surface area contributed by atoms with Crippen LogP contribution in [0.2, 0.25) is 0 Å². The molecule has 5 heteroatoms. The Hall–Kier alpha value is -1.07. The maximum atomic E-state index is 12.7. The first-order chi connectivity index (χ1) is 10.0. The van der Waals surface area contributed by atoms with Crippen molar-refractivity contribution in [3.05, 3.63) is 35.4 Å². The van der Waals surface area contributed by atoms with Crippen molar-refractivity contribution in [2.45, 2.75) is 38.0 Å². The molecule has 2 nitrogen and oxygen atoms in total. The van der Waals surface area contributed by atoms with E-state index in [1.807, 2.05) is 0 Å². The third kappa shape index (κ3) is 3.58. The molecule has 0 saturated carbocycles. The van der Waals surface area contributed by atoms with Crippen molar-refractivity contribution in [2.75, 3.05) is 26.2 Å². The molecule has 116 valence electrons. The molecule has 2 heterocycles. The van der Waals surface area contributed by atoms with Gasteiger partial charge in [-0.2, -0.15) is 13.2 Å². The van der Waals surface area contributed by atoms with Crippen molar-refractivity contribution < 1.29 is 13.2 Å². The molecule has 0 aromatic heterocycles. The summed E-state index contributed by atoms with van der Waals surface area (Å²) in [6.45, 7) is 4.95. The van der Waals surface area contributed by atoms with Gasteiger partial charge >= 0.3 is 6.18 Å². The van der Waals surface area contributed by atoms with E-state index in [0.717, 1.165) is 31.1 Å². The molecule has 2 aliphatic rings. The van der Waals surface area contributed by atoms with Crippen LogP contribution in [-0.4, -0.2) is 42.0 Å². The first-order valence-electron chi connectivity index (χ1n) is 7.65. The van der Waals surface area contributed by atoms with Crippen LogP contribution in [0.15, 0.2) is 24.3 Å². The van der Waals surface area contributed by atoms with E-state index in [1.165, 1.54) is 38.1 Å². The first-order valence-corrected chi connectivity index (χ1v) is 7.65. The monoisotopic (exact) mass is 298 g/mol. The van der Waals surface area contributed by atoms with Gasteiger partial charge in [-0.1, -0.05) is 18.2 Å². The molecular formula is C16H21F3N2. The fourth-order valence-corrected chi connectivity index (χ4v) is 3.46. The molecule has 2 saturated heterocycles. The van der Waals surface area contributed by atoms with Crippen LogP contribution in [0.3, 0.4) is 0 Å². The number of rotatable bonds is 3. The SMILES string of the molecule is FC(F)(F)c1cccc(CN2CCC(N3CCCC3)C2)c1. The van der Waals surface area contributed by atoms with Gasteiger partial charge in [0.25, 0.3) is 0 Å². The van der Waals surface area contributed by atoms with E-state index in [1.54, 1.807) is 6.07 Å². The van der Waals surface area contributed by atoms with Crippen molar-refractivity contribution in [1.82, 2.24) is 9.80 Å². The van der Waals surface area contributed by atoms with E-state index in [4.69, 9.17) is 0 Å². The Labute approximate surface area is 123 Å². The highest BCUT2D eigenvalue weighted by Crippen LogP contribution is 2.30. The van der Waals surface area contributed by atoms with Crippen molar-refractivity contribution in [2.24, 2.45) is 0 Å². The van der Waals surface area contributed by atoms with Gasteiger partial charge in [0, 0.05) is 25.7 Å². The predicted octanol–water partition coefficient (Wildman–Crippen LogP) is 3.38. The van der Waals surface area contributed by atoms with Crippen molar-refractivity contribution in [3.8, 4) is 0 Å². The van der Waals surface area contributed by atoms with E-state index < -0.39 is 11.7 Å². The average Bonchev–Trinajstić information content (AvgIpc) is 3.08. The molecule has 0 N–H and O–H groups in total. The Balaban J connectivity index is 1.60. The number of hydrogen-bond donors (Lipinski definition) is 0. The quantitative estimate of drug-likeness (QED) is 0.844. The molecule has 1 atom stereocenters.